The lowest BCUT2D eigenvalue weighted by atomic mass is 9.82. The standard InChI is InChI=1S/C28H23Cl2N3O2/c1-3-33-25-12-9-20(14-24(25)23(15-27(33)34)18-5-4-6-22(30)13-18)28(35,26-16-31-17-32(26)2)19-7-10-21(29)11-8-19/h4-17,35H,3H2,1-2H3. The van der Waals surface area contributed by atoms with Crippen LogP contribution < -0.4 is 5.56 Å². The number of aryl methyl sites for hydroxylation is 2. The molecule has 0 fully saturated rings. The van der Waals surface area contributed by atoms with Crippen molar-refractivity contribution in [2.75, 3.05) is 0 Å². The van der Waals surface area contributed by atoms with Gasteiger partial charge in [-0.05, 0) is 65.6 Å². The van der Waals surface area contributed by atoms with E-state index in [2.05, 4.69) is 4.98 Å². The van der Waals surface area contributed by atoms with Gasteiger partial charge in [0.25, 0.3) is 5.56 Å². The topological polar surface area (TPSA) is 60.1 Å². The van der Waals surface area contributed by atoms with Crippen LogP contribution in [0.1, 0.15) is 23.7 Å². The van der Waals surface area contributed by atoms with E-state index in [1.54, 1.807) is 45.9 Å². The molecule has 0 bridgehead atoms. The molecule has 1 N–H and O–H groups in total. The van der Waals surface area contributed by atoms with Crippen LogP contribution >= 0.6 is 23.2 Å². The summed E-state index contributed by atoms with van der Waals surface area (Å²) in [6.07, 6.45) is 3.31. The van der Waals surface area contributed by atoms with Crippen molar-refractivity contribution in [1.82, 2.24) is 14.1 Å². The summed E-state index contributed by atoms with van der Waals surface area (Å²) in [6, 6.07) is 21.9. The van der Waals surface area contributed by atoms with Gasteiger partial charge in [-0.25, -0.2) is 4.98 Å². The molecule has 5 nitrogen and oxygen atoms in total. The monoisotopic (exact) mass is 503 g/mol. The van der Waals surface area contributed by atoms with Crippen LogP contribution in [0.5, 0.6) is 0 Å². The van der Waals surface area contributed by atoms with Crippen LogP contribution in [0.15, 0.2) is 90.1 Å². The minimum Gasteiger partial charge on any atom is -0.374 e. The summed E-state index contributed by atoms with van der Waals surface area (Å²) < 4.78 is 3.52. The van der Waals surface area contributed by atoms with Gasteiger partial charge in [0.2, 0.25) is 0 Å². The quantitative estimate of drug-likeness (QED) is 0.319. The van der Waals surface area contributed by atoms with Gasteiger partial charge in [-0.1, -0.05) is 53.5 Å². The first-order valence-electron chi connectivity index (χ1n) is 11.2. The molecule has 3 aromatic carbocycles. The Hall–Kier alpha value is -3.38. The number of pyridine rings is 1. The van der Waals surface area contributed by atoms with Crippen molar-refractivity contribution < 1.29 is 5.11 Å². The zero-order valence-electron chi connectivity index (χ0n) is 19.2. The summed E-state index contributed by atoms with van der Waals surface area (Å²) in [5.74, 6) is 0. The minimum absolute atomic E-state index is 0.0951. The predicted molar refractivity (Wildman–Crippen MR) is 141 cm³/mol. The van der Waals surface area contributed by atoms with E-state index in [-0.39, 0.29) is 5.56 Å². The number of aromatic nitrogens is 3. The number of rotatable bonds is 5. The molecule has 176 valence electrons. The molecule has 5 rings (SSSR count). The largest absolute Gasteiger partial charge is 0.374 e. The molecular formula is C28H23Cl2N3O2. The summed E-state index contributed by atoms with van der Waals surface area (Å²) >= 11 is 12.4. The molecule has 0 amide bonds. The molecule has 0 aliphatic carbocycles. The van der Waals surface area contributed by atoms with E-state index in [4.69, 9.17) is 23.2 Å². The maximum atomic E-state index is 13.0. The Kier molecular flexibility index (Phi) is 6.01. The van der Waals surface area contributed by atoms with E-state index in [9.17, 15) is 9.90 Å². The molecule has 0 aliphatic heterocycles. The lowest BCUT2D eigenvalue weighted by Crippen LogP contribution is -2.31. The van der Waals surface area contributed by atoms with E-state index >= 15 is 0 Å². The number of fused-ring (bicyclic) bond motifs is 1. The van der Waals surface area contributed by atoms with Crippen LogP contribution in [0.2, 0.25) is 10.0 Å². The van der Waals surface area contributed by atoms with Crippen molar-refractivity contribution in [3.05, 3.63) is 123 Å². The smallest absolute Gasteiger partial charge is 0.251 e. The van der Waals surface area contributed by atoms with Gasteiger partial charge in [0, 0.05) is 35.1 Å². The number of imidazole rings is 1. The highest BCUT2D eigenvalue weighted by molar-refractivity contribution is 6.31. The number of halogens is 2. The van der Waals surface area contributed by atoms with E-state index in [1.165, 1.54) is 0 Å². The van der Waals surface area contributed by atoms with Gasteiger partial charge in [0.15, 0.2) is 5.60 Å². The second kappa shape index (κ2) is 9.00. The molecule has 0 radical (unpaired) electrons. The van der Waals surface area contributed by atoms with Crippen molar-refractivity contribution in [2.45, 2.75) is 19.1 Å². The number of hydrogen-bond donors (Lipinski definition) is 1. The molecule has 2 heterocycles. The normalized spacial score (nSPS) is 13.2. The third kappa shape index (κ3) is 3.96. The summed E-state index contributed by atoms with van der Waals surface area (Å²) in [4.78, 5) is 17.2. The first-order valence-corrected chi connectivity index (χ1v) is 12.0. The first-order chi connectivity index (χ1) is 16.8. The molecule has 0 aliphatic rings. The minimum atomic E-state index is -1.51. The average molecular weight is 504 g/mol. The van der Waals surface area contributed by atoms with Crippen molar-refractivity contribution in [2.24, 2.45) is 7.05 Å². The van der Waals surface area contributed by atoms with Crippen LogP contribution in [0.25, 0.3) is 22.0 Å². The first kappa shape index (κ1) is 23.4. The zero-order chi connectivity index (χ0) is 24.7. The van der Waals surface area contributed by atoms with Crippen molar-refractivity contribution in [1.29, 1.82) is 0 Å². The summed E-state index contributed by atoms with van der Waals surface area (Å²) in [7, 11) is 1.84. The molecule has 5 aromatic rings. The molecule has 7 heteroatoms. The number of nitrogens with zero attached hydrogens (tertiary/aromatic N) is 3. The predicted octanol–water partition coefficient (Wildman–Crippen LogP) is 6.01. The Morgan fingerprint density at radius 2 is 1.69 bits per heavy atom. The number of hydrogen-bond acceptors (Lipinski definition) is 3. The molecule has 0 saturated carbocycles. The van der Waals surface area contributed by atoms with Crippen LogP contribution in [-0.2, 0) is 19.2 Å². The summed E-state index contributed by atoms with van der Waals surface area (Å²) in [5.41, 5.74) is 2.65. The second-order valence-corrected chi connectivity index (χ2v) is 9.36. The Balaban J connectivity index is 1.85. The maximum Gasteiger partial charge on any atom is 0.251 e. The zero-order valence-corrected chi connectivity index (χ0v) is 20.8. The van der Waals surface area contributed by atoms with Gasteiger partial charge < -0.3 is 14.2 Å². The molecule has 1 unspecified atom stereocenters. The van der Waals surface area contributed by atoms with E-state index in [0.717, 1.165) is 22.0 Å². The van der Waals surface area contributed by atoms with Crippen molar-refractivity contribution in [3.8, 4) is 11.1 Å². The SMILES string of the molecule is CCn1c(=O)cc(-c2cccc(Cl)c2)c2cc(C(O)(c3ccc(Cl)cc3)c3cncn3C)ccc21. The summed E-state index contributed by atoms with van der Waals surface area (Å²) in [6.45, 7) is 2.46. The Bertz CT molecular complexity index is 1610. The van der Waals surface area contributed by atoms with Crippen LogP contribution in [0.3, 0.4) is 0 Å². The van der Waals surface area contributed by atoms with Crippen LogP contribution in [0, 0.1) is 0 Å². The molecule has 0 spiro atoms. The van der Waals surface area contributed by atoms with E-state index in [1.807, 2.05) is 62.5 Å². The van der Waals surface area contributed by atoms with Gasteiger partial charge in [-0.2, -0.15) is 0 Å². The summed E-state index contributed by atoms with van der Waals surface area (Å²) in [5, 5.41) is 14.3. The Labute approximate surface area is 212 Å². The molecule has 1 atom stereocenters. The molecule has 2 aromatic heterocycles. The Morgan fingerprint density at radius 1 is 0.943 bits per heavy atom. The highest BCUT2D eigenvalue weighted by atomic mass is 35.5. The highest BCUT2D eigenvalue weighted by Crippen LogP contribution is 2.39. The average Bonchev–Trinajstić information content (AvgIpc) is 3.29. The molecule has 35 heavy (non-hydrogen) atoms. The van der Waals surface area contributed by atoms with Gasteiger partial charge in [-0.15, -0.1) is 0 Å². The van der Waals surface area contributed by atoms with E-state index < -0.39 is 5.60 Å². The van der Waals surface area contributed by atoms with Crippen LogP contribution in [0.4, 0.5) is 0 Å². The van der Waals surface area contributed by atoms with Gasteiger partial charge in [-0.3, -0.25) is 4.79 Å². The van der Waals surface area contributed by atoms with Gasteiger partial charge in [0.1, 0.15) is 0 Å². The van der Waals surface area contributed by atoms with Gasteiger partial charge in [0.05, 0.1) is 23.7 Å². The van der Waals surface area contributed by atoms with Gasteiger partial charge >= 0.3 is 0 Å². The fourth-order valence-corrected chi connectivity index (χ4v) is 5.01. The number of aliphatic hydroxyl groups is 1. The highest BCUT2D eigenvalue weighted by Gasteiger charge is 2.37. The van der Waals surface area contributed by atoms with Crippen LogP contribution in [-0.4, -0.2) is 19.2 Å². The maximum absolute atomic E-state index is 13.0. The molecular weight excluding hydrogens is 481 g/mol. The Morgan fingerprint density at radius 3 is 2.34 bits per heavy atom. The number of benzene rings is 3. The fourth-order valence-electron chi connectivity index (χ4n) is 4.69. The lowest BCUT2D eigenvalue weighted by molar-refractivity contribution is 0.117. The fraction of sp³-hybridized carbons (Fsp3) is 0.143. The van der Waals surface area contributed by atoms with Crippen molar-refractivity contribution in [3.63, 3.8) is 0 Å². The van der Waals surface area contributed by atoms with Crippen molar-refractivity contribution >= 4 is 34.1 Å². The third-order valence-corrected chi connectivity index (χ3v) is 6.92. The lowest BCUT2D eigenvalue weighted by Gasteiger charge is -2.30. The third-order valence-electron chi connectivity index (χ3n) is 6.43. The second-order valence-electron chi connectivity index (χ2n) is 8.49. The van der Waals surface area contributed by atoms with E-state index in [0.29, 0.717) is 33.4 Å². The molecule has 0 saturated heterocycles.